The van der Waals surface area contributed by atoms with Gasteiger partial charge in [-0.1, -0.05) is 154 Å². The van der Waals surface area contributed by atoms with Crippen LogP contribution in [0, 0.1) is 0 Å². The maximum Gasteiger partial charge on any atom is 0.469 e. The Hall–Kier alpha value is -1.05. The first-order valence-electron chi connectivity index (χ1n) is 19.0. The smallest absolute Gasteiger partial charge is 0.457 e. The molecule has 0 aliphatic carbocycles. The molecular formula is C37H71O8P. The molecule has 3 N–H and O–H groups in total. The van der Waals surface area contributed by atoms with Gasteiger partial charge in [-0.15, -0.1) is 0 Å². The van der Waals surface area contributed by atoms with Crippen LogP contribution in [0.3, 0.4) is 0 Å². The minimum atomic E-state index is -4.86. The summed E-state index contributed by atoms with van der Waals surface area (Å²) in [5.41, 5.74) is 0. The molecule has 0 rings (SSSR count). The molecule has 2 atom stereocenters. The summed E-state index contributed by atoms with van der Waals surface area (Å²) in [5.74, 6) is -1.11. The van der Waals surface area contributed by atoms with Crippen molar-refractivity contribution in [1.29, 1.82) is 0 Å². The van der Waals surface area contributed by atoms with Gasteiger partial charge in [-0.05, 0) is 38.5 Å². The molecule has 1 unspecified atom stereocenters. The van der Waals surface area contributed by atoms with E-state index >= 15 is 0 Å². The Kier molecular flexibility index (Phi) is 31.8. The Morgan fingerprint density at radius 2 is 0.957 bits per heavy atom. The zero-order valence-corrected chi connectivity index (χ0v) is 30.5. The Bertz CT molecular complexity index is 781. The second-order valence-corrected chi connectivity index (χ2v) is 14.3. The normalized spacial score (nSPS) is 13.3. The summed E-state index contributed by atoms with van der Waals surface area (Å²) in [5, 5.41) is 10.6. The molecule has 0 bridgehead atoms. The Balaban J connectivity index is 4.12. The number of aliphatic hydroxyl groups excluding tert-OH is 1. The van der Waals surface area contributed by atoms with E-state index in [-0.39, 0.29) is 12.8 Å². The fraction of sp³-hybridized carbons (Fsp3) is 0.892. The van der Waals surface area contributed by atoms with Crippen molar-refractivity contribution < 1.29 is 38.3 Å². The maximum absolute atomic E-state index is 12.6. The van der Waals surface area contributed by atoms with E-state index in [1.807, 2.05) is 0 Å². The summed E-state index contributed by atoms with van der Waals surface area (Å²) in [4.78, 5) is 43.2. The summed E-state index contributed by atoms with van der Waals surface area (Å²) in [6.45, 7) is 3.73. The van der Waals surface area contributed by atoms with E-state index in [0.717, 1.165) is 57.8 Å². The number of unbranched alkanes of at least 4 members (excludes halogenated alkanes) is 23. The highest BCUT2D eigenvalue weighted by Crippen LogP contribution is 2.36. The molecule has 9 heteroatoms. The number of hydrogen-bond acceptors (Lipinski definition) is 6. The number of phosphoric acid groups is 1. The van der Waals surface area contributed by atoms with Gasteiger partial charge in [-0.3, -0.25) is 14.1 Å². The number of Topliss-reactive ketones (excluding diaryl/α,β-unsaturated/α-hetero) is 1. The summed E-state index contributed by atoms with van der Waals surface area (Å²) in [7, 11) is -4.86. The maximum atomic E-state index is 12.6. The van der Waals surface area contributed by atoms with Gasteiger partial charge < -0.3 is 19.6 Å². The first kappa shape index (κ1) is 45.0. The number of carbonyl (C=O) groups is 2. The fourth-order valence-electron chi connectivity index (χ4n) is 5.60. The molecule has 0 aromatic heterocycles. The van der Waals surface area contributed by atoms with Crippen LogP contribution in [-0.2, 0) is 23.4 Å². The van der Waals surface area contributed by atoms with Crippen LogP contribution in [0.25, 0.3) is 0 Å². The number of rotatable bonds is 35. The van der Waals surface area contributed by atoms with E-state index in [9.17, 15) is 19.3 Å². The van der Waals surface area contributed by atoms with Crippen LogP contribution in [0.15, 0.2) is 12.2 Å². The molecule has 0 aliphatic heterocycles. The van der Waals surface area contributed by atoms with Crippen LogP contribution in [0.4, 0.5) is 0 Å². The predicted octanol–water partition coefficient (Wildman–Crippen LogP) is 10.5. The zero-order chi connectivity index (χ0) is 34.1. The molecule has 0 radical (unpaired) electrons. The van der Waals surface area contributed by atoms with Gasteiger partial charge in [-0.2, -0.15) is 0 Å². The quantitative estimate of drug-likeness (QED) is 0.0262. The predicted molar refractivity (Wildman–Crippen MR) is 189 cm³/mol. The summed E-state index contributed by atoms with van der Waals surface area (Å²) >= 11 is 0. The minimum absolute atomic E-state index is 0.115. The largest absolute Gasteiger partial charge is 0.469 e. The highest BCUT2D eigenvalue weighted by Gasteiger charge is 2.31. The molecule has 0 aromatic carbocycles. The van der Waals surface area contributed by atoms with E-state index in [2.05, 4.69) is 30.5 Å². The van der Waals surface area contributed by atoms with Crippen molar-refractivity contribution in [3.8, 4) is 0 Å². The second kappa shape index (κ2) is 32.5. The lowest BCUT2D eigenvalue weighted by atomic mass is 10.0. The lowest BCUT2D eigenvalue weighted by Crippen LogP contribution is -2.40. The Morgan fingerprint density at radius 3 is 1.37 bits per heavy atom. The first-order valence-corrected chi connectivity index (χ1v) is 20.5. The standard InChI is InChI=1S/C37H71O8P/c1-3-5-7-9-11-13-15-17-18-20-22-24-26-28-30-32-36(39)45-35(33-44-46(41,42)43)37(40)34(38)31-29-27-25-23-21-19-16-14-12-10-8-6-4-2/h17-18,35,37,40H,3-16,19-33H2,1-2H3,(H2,41,42,43)/b18-17-/t35-,37?/m0/s1. The van der Waals surface area contributed by atoms with E-state index < -0.39 is 38.4 Å². The van der Waals surface area contributed by atoms with Crippen molar-refractivity contribution in [1.82, 2.24) is 0 Å². The van der Waals surface area contributed by atoms with Crippen molar-refractivity contribution in [3.05, 3.63) is 12.2 Å². The van der Waals surface area contributed by atoms with Gasteiger partial charge in [0.15, 0.2) is 18.0 Å². The number of hydrogen-bond donors (Lipinski definition) is 3. The molecule has 0 heterocycles. The first-order chi connectivity index (χ1) is 22.2. The lowest BCUT2D eigenvalue weighted by molar-refractivity contribution is -0.161. The van der Waals surface area contributed by atoms with E-state index in [1.54, 1.807) is 0 Å². The third-order valence-electron chi connectivity index (χ3n) is 8.54. The number of phosphoric ester groups is 1. The zero-order valence-electron chi connectivity index (χ0n) is 29.6. The molecular weight excluding hydrogens is 603 g/mol. The highest BCUT2D eigenvalue weighted by molar-refractivity contribution is 7.46. The second-order valence-electron chi connectivity index (χ2n) is 13.1. The summed E-state index contributed by atoms with van der Waals surface area (Å²) in [6, 6.07) is 0. The molecule has 272 valence electrons. The number of aliphatic hydroxyl groups is 1. The van der Waals surface area contributed by atoms with Crippen LogP contribution in [0.5, 0.6) is 0 Å². The van der Waals surface area contributed by atoms with Gasteiger partial charge in [0.05, 0.1) is 6.61 Å². The van der Waals surface area contributed by atoms with Gasteiger partial charge in [0.2, 0.25) is 0 Å². The Morgan fingerprint density at radius 1 is 0.587 bits per heavy atom. The number of carbonyl (C=O) groups excluding carboxylic acids is 2. The molecule has 0 aliphatic rings. The van der Waals surface area contributed by atoms with Crippen LogP contribution in [0.2, 0.25) is 0 Å². The number of ether oxygens (including phenoxy) is 1. The number of esters is 1. The van der Waals surface area contributed by atoms with Crippen molar-refractivity contribution >= 4 is 19.6 Å². The van der Waals surface area contributed by atoms with E-state index in [1.165, 1.54) is 96.3 Å². The average molecular weight is 675 g/mol. The van der Waals surface area contributed by atoms with E-state index in [0.29, 0.717) is 12.8 Å². The van der Waals surface area contributed by atoms with Crippen LogP contribution in [-0.4, -0.2) is 45.5 Å². The lowest BCUT2D eigenvalue weighted by Gasteiger charge is -2.22. The van der Waals surface area contributed by atoms with Gasteiger partial charge in [0.1, 0.15) is 0 Å². The topological polar surface area (TPSA) is 130 Å². The average Bonchev–Trinajstić information content (AvgIpc) is 3.02. The summed E-state index contributed by atoms with van der Waals surface area (Å²) < 4.78 is 21.0. The third kappa shape index (κ3) is 31.5. The molecule has 0 amide bonds. The van der Waals surface area contributed by atoms with Crippen molar-refractivity contribution in [2.24, 2.45) is 0 Å². The van der Waals surface area contributed by atoms with Gasteiger partial charge in [-0.25, -0.2) is 4.57 Å². The molecule has 0 saturated carbocycles. The monoisotopic (exact) mass is 674 g/mol. The third-order valence-corrected chi connectivity index (χ3v) is 9.03. The molecule has 0 fully saturated rings. The molecule has 0 aromatic rings. The van der Waals surface area contributed by atoms with Gasteiger partial charge in [0.25, 0.3) is 0 Å². The van der Waals surface area contributed by atoms with Crippen LogP contribution >= 0.6 is 7.82 Å². The Labute approximate surface area is 282 Å². The van der Waals surface area contributed by atoms with Gasteiger partial charge >= 0.3 is 13.8 Å². The van der Waals surface area contributed by atoms with Crippen molar-refractivity contribution in [3.63, 3.8) is 0 Å². The molecule has 0 saturated heterocycles. The van der Waals surface area contributed by atoms with Gasteiger partial charge in [0, 0.05) is 12.8 Å². The minimum Gasteiger partial charge on any atom is -0.457 e. The molecule has 0 spiro atoms. The molecule has 8 nitrogen and oxygen atoms in total. The number of allylic oxidation sites excluding steroid dienone is 2. The SMILES string of the molecule is CCCCCCCC/C=C\CCCCCCCC(=O)O[C@@H](COP(=O)(O)O)C(O)C(=O)CCCCCCCCCCCCCCC. The van der Waals surface area contributed by atoms with Crippen LogP contribution in [0.1, 0.15) is 194 Å². The molecule has 46 heavy (non-hydrogen) atoms. The number of ketones is 1. The van der Waals surface area contributed by atoms with Crippen LogP contribution < -0.4 is 0 Å². The summed E-state index contributed by atoms with van der Waals surface area (Å²) in [6.07, 6.45) is 31.8. The fourth-order valence-corrected chi connectivity index (χ4v) is 5.94. The van der Waals surface area contributed by atoms with E-state index in [4.69, 9.17) is 14.5 Å². The van der Waals surface area contributed by atoms with Crippen molar-refractivity contribution in [2.75, 3.05) is 6.61 Å². The highest BCUT2D eigenvalue weighted by atomic mass is 31.2. The van der Waals surface area contributed by atoms with Crippen molar-refractivity contribution in [2.45, 2.75) is 206 Å².